The summed E-state index contributed by atoms with van der Waals surface area (Å²) in [6.45, 7) is 4.74. The first-order valence-corrected chi connectivity index (χ1v) is 8.89. The van der Waals surface area contributed by atoms with Crippen LogP contribution in [0.25, 0.3) is 17.0 Å². The van der Waals surface area contributed by atoms with E-state index in [1.807, 2.05) is 22.9 Å². The molecule has 0 amide bonds. The molecule has 1 aliphatic rings. The van der Waals surface area contributed by atoms with Crippen LogP contribution in [-0.4, -0.2) is 19.5 Å². The van der Waals surface area contributed by atoms with E-state index in [-0.39, 0.29) is 20.1 Å². The zero-order chi connectivity index (χ0) is 16.6. The van der Waals surface area contributed by atoms with Gasteiger partial charge in [0.1, 0.15) is 0 Å². The molecule has 3 heterocycles. The first-order chi connectivity index (χ1) is 11.7. The predicted molar refractivity (Wildman–Crippen MR) is 95.1 cm³/mol. The number of rotatable bonds is 4. The van der Waals surface area contributed by atoms with E-state index in [9.17, 15) is 0 Å². The summed E-state index contributed by atoms with van der Waals surface area (Å²) in [5.41, 5.74) is 3.41. The SMILES string of the molecule is CCC(c1ccc(-n2[c-]nc3cccnc32)nc1)C1(C)CCCC1.[Ir]. The number of aromatic nitrogens is 4. The van der Waals surface area contributed by atoms with Crippen LogP contribution in [0.3, 0.4) is 0 Å². The summed E-state index contributed by atoms with van der Waals surface area (Å²) in [4.78, 5) is 13.4. The predicted octanol–water partition coefficient (Wildman–Crippen LogP) is 4.69. The molecule has 1 saturated carbocycles. The van der Waals surface area contributed by atoms with Gasteiger partial charge < -0.3 is 9.55 Å². The summed E-state index contributed by atoms with van der Waals surface area (Å²) in [6, 6.07) is 8.13. The molecule has 5 heteroatoms. The summed E-state index contributed by atoms with van der Waals surface area (Å²) < 4.78 is 1.83. The molecule has 1 radical (unpaired) electrons. The average Bonchev–Trinajstić information content (AvgIpc) is 3.23. The minimum absolute atomic E-state index is 0. The van der Waals surface area contributed by atoms with Crippen molar-refractivity contribution in [3.8, 4) is 5.82 Å². The summed E-state index contributed by atoms with van der Waals surface area (Å²) in [5.74, 6) is 1.41. The maximum absolute atomic E-state index is 4.69. The van der Waals surface area contributed by atoms with Gasteiger partial charge in [0.25, 0.3) is 0 Å². The Balaban J connectivity index is 0.00000182. The molecule has 1 fully saturated rings. The molecule has 3 aromatic rings. The van der Waals surface area contributed by atoms with Gasteiger partial charge in [0.15, 0.2) is 0 Å². The van der Waals surface area contributed by atoms with Gasteiger partial charge in [-0.05, 0) is 41.7 Å². The van der Waals surface area contributed by atoms with Gasteiger partial charge in [-0.1, -0.05) is 51.0 Å². The molecule has 133 valence electrons. The molecule has 3 aromatic heterocycles. The Morgan fingerprint density at radius 3 is 2.68 bits per heavy atom. The standard InChI is InChI=1S/C20H23N4.Ir/c1-3-16(20(2)10-4-5-11-20)15-8-9-18(22-13-15)24-14-23-17-7-6-12-21-19(17)24;/h6-9,12-13,16H,3-5,10-11H2,1-2H3;/q-1;. The summed E-state index contributed by atoms with van der Waals surface area (Å²) in [5, 5.41) is 0. The van der Waals surface area contributed by atoms with Gasteiger partial charge in [-0.25, -0.2) is 0 Å². The van der Waals surface area contributed by atoms with E-state index >= 15 is 0 Å². The van der Waals surface area contributed by atoms with Crippen molar-refractivity contribution in [3.05, 3.63) is 48.5 Å². The molecule has 0 spiro atoms. The molecular weight excluding hydrogens is 488 g/mol. The maximum atomic E-state index is 4.69. The van der Waals surface area contributed by atoms with Crippen LogP contribution in [-0.2, 0) is 20.1 Å². The van der Waals surface area contributed by atoms with Crippen molar-refractivity contribution in [2.45, 2.75) is 51.9 Å². The van der Waals surface area contributed by atoms with Crippen molar-refractivity contribution >= 4 is 11.2 Å². The fraction of sp³-hybridized carbons (Fsp3) is 0.450. The second-order valence-electron chi connectivity index (χ2n) is 7.17. The van der Waals surface area contributed by atoms with Gasteiger partial charge in [-0.15, -0.1) is 0 Å². The van der Waals surface area contributed by atoms with Gasteiger partial charge in [0, 0.05) is 44.5 Å². The monoisotopic (exact) mass is 512 g/mol. The van der Waals surface area contributed by atoms with Gasteiger partial charge in [0.05, 0.1) is 5.82 Å². The van der Waals surface area contributed by atoms with E-state index < -0.39 is 0 Å². The van der Waals surface area contributed by atoms with Crippen LogP contribution in [0.15, 0.2) is 36.7 Å². The van der Waals surface area contributed by atoms with Crippen molar-refractivity contribution in [3.63, 3.8) is 0 Å². The quantitative estimate of drug-likeness (QED) is 0.478. The number of pyridine rings is 2. The van der Waals surface area contributed by atoms with E-state index in [0.29, 0.717) is 11.3 Å². The largest absolute Gasteiger partial charge is 0.396 e. The van der Waals surface area contributed by atoms with Gasteiger partial charge in [-0.2, -0.15) is 0 Å². The zero-order valence-corrected chi connectivity index (χ0v) is 17.1. The summed E-state index contributed by atoms with van der Waals surface area (Å²) >= 11 is 0. The van der Waals surface area contributed by atoms with Crippen molar-refractivity contribution < 1.29 is 20.1 Å². The van der Waals surface area contributed by atoms with Crippen molar-refractivity contribution in [1.82, 2.24) is 19.5 Å². The molecule has 1 atom stereocenters. The van der Waals surface area contributed by atoms with E-state index in [4.69, 9.17) is 4.98 Å². The average molecular weight is 512 g/mol. The van der Waals surface area contributed by atoms with Gasteiger partial charge >= 0.3 is 0 Å². The fourth-order valence-electron chi connectivity index (χ4n) is 4.36. The van der Waals surface area contributed by atoms with E-state index in [2.05, 4.69) is 42.3 Å². The molecule has 25 heavy (non-hydrogen) atoms. The molecular formula is C20H23IrN4-. The molecule has 0 aliphatic heterocycles. The first-order valence-electron chi connectivity index (χ1n) is 8.89. The van der Waals surface area contributed by atoms with Crippen molar-refractivity contribution in [2.24, 2.45) is 5.41 Å². The first kappa shape index (κ1) is 18.2. The van der Waals surface area contributed by atoms with Crippen LogP contribution in [0.4, 0.5) is 0 Å². The minimum atomic E-state index is 0. The minimum Gasteiger partial charge on any atom is -0.396 e. The molecule has 0 aromatic carbocycles. The van der Waals surface area contributed by atoms with Crippen LogP contribution in [0.5, 0.6) is 0 Å². The Labute approximate surface area is 162 Å². The molecule has 1 aliphatic carbocycles. The third-order valence-corrected chi connectivity index (χ3v) is 5.65. The molecule has 4 nitrogen and oxygen atoms in total. The molecule has 0 saturated heterocycles. The molecule has 0 bridgehead atoms. The van der Waals surface area contributed by atoms with Crippen LogP contribution in [0, 0.1) is 11.7 Å². The second-order valence-corrected chi connectivity index (χ2v) is 7.17. The van der Waals surface area contributed by atoms with Crippen LogP contribution < -0.4 is 0 Å². The third kappa shape index (κ3) is 3.28. The molecule has 4 rings (SSSR count). The normalized spacial score (nSPS) is 17.4. The number of nitrogens with zero attached hydrogens (tertiary/aromatic N) is 4. The van der Waals surface area contributed by atoms with Gasteiger partial charge in [0.2, 0.25) is 0 Å². The number of imidazole rings is 1. The number of hydrogen-bond donors (Lipinski definition) is 0. The Bertz CT molecular complexity index is 834. The second kappa shape index (κ2) is 7.35. The van der Waals surface area contributed by atoms with Crippen molar-refractivity contribution in [1.29, 1.82) is 0 Å². The van der Waals surface area contributed by atoms with E-state index in [0.717, 1.165) is 17.0 Å². The Hall–Kier alpha value is -1.58. The summed E-state index contributed by atoms with van der Waals surface area (Å²) in [6.07, 6.45) is 13.4. The molecule has 1 unspecified atom stereocenters. The smallest absolute Gasteiger partial charge is 0.0563 e. The zero-order valence-electron chi connectivity index (χ0n) is 14.7. The molecule has 0 N–H and O–H groups in total. The Morgan fingerprint density at radius 1 is 1.20 bits per heavy atom. The van der Waals surface area contributed by atoms with E-state index in [1.54, 1.807) is 6.20 Å². The van der Waals surface area contributed by atoms with Crippen LogP contribution >= 0.6 is 0 Å². The van der Waals surface area contributed by atoms with Crippen LogP contribution in [0.1, 0.15) is 57.4 Å². The maximum Gasteiger partial charge on any atom is 0.0563 e. The number of fused-ring (bicyclic) bond motifs is 1. The summed E-state index contributed by atoms with van der Waals surface area (Å²) in [7, 11) is 0. The number of hydrogen-bond acceptors (Lipinski definition) is 3. The Kier molecular flexibility index (Phi) is 5.35. The third-order valence-electron chi connectivity index (χ3n) is 5.65. The van der Waals surface area contributed by atoms with Gasteiger partial charge in [-0.3, -0.25) is 9.97 Å². The van der Waals surface area contributed by atoms with E-state index in [1.165, 1.54) is 37.7 Å². The fourth-order valence-corrected chi connectivity index (χ4v) is 4.36. The van der Waals surface area contributed by atoms with Crippen LogP contribution in [0.2, 0.25) is 0 Å². The topological polar surface area (TPSA) is 43.6 Å². The Morgan fingerprint density at radius 2 is 2.00 bits per heavy atom. The van der Waals surface area contributed by atoms with Crippen molar-refractivity contribution in [2.75, 3.05) is 0 Å².